The summed E-state index contributed by atoms with van der Waals surface area (Å²) < 4.78 is 5.61. The lowest BCUT2D eigenvalue weighted by Gasteiger charge is -2.06. The standard InChI is InChI=1S/C14H19NO/c1-3-11-16-14-8-6-5-7-12(14)9-10-13(15)4-2/h5-8,13H,3-4,11,15H2,1-2H3. The van der Waals surface area contributed by atoms with Crippen molar-refractivity contribution in [2.75, 3.05) is 6.61 Å². The predicted octanol–water partition coefficient (Wildman–Crippen LogP) is 2.56. The van der Waals surface area contributed by atoms with E-state index in [1.807, 2.05) is 31.2 Å². The van der Waals surface area contributed by atoms with Crippen LogP contribution in [0.25, 0.3) is 0 Å². The van der Waals surface area contributed by atoms with Crippen molar-refractivity contribution in [3.8, 4) is 17.6 Å². The zero-order chi connectivity index (χ0) is 11.8. The average molecular weight is 217 g/mol. The van der Waals surface area contributed by atoms with Gasteiger partial charge in [0.15, 0.2) is 0 Å². The van der Waals surface area contributed by atoms with E-state index in [2.05, 4.69) is 18.8 Å². The lowest BCUT2D eigenvalue weighted by atomic mass is 10.1. The Morgan fingerprint density at radius 2 is 2.06 bits per heavy atom. The van der Waals surface area contributed by atoms with Crippen LogP contribution < -0.4 is 10.5 Å². The van der Waals surface area contributed by atoms with Crippen LogP contribution in [0.2, 0.25) is 0 Å². The lowest BCUT2D eigenvalue weighted by molar-refractivity contribution is 0.316. The monoisotopic (exact) mass is 217 g/mol. The highest BCUT2D eigenvalue weighted by Crippen LogP contribution is 2.16. The van der Waals surface area contributed by atoms with Gasteiger partial charge in [-0.2, -0.15) is 0 Å². The summed E-state index contributed by atoms with van der Waals surface area (Å²) in [5.74, 6) is 6.93. The minimum Gasteiger partial charge on any atom is -0.492 e. The molecule has 0 aliphatic carbocycles. The fourth-order valence-corrected chi connectivity index (χ4v) is 1.18. The van der Waals surface area contributed by atoms with E-state index in [4.69, 9.17) is 10.5 Å². The summed E-state index contributed by atoms with van der Waals surface area (Å²) in [7, 11) is 0. The summed E-state index contributed by atoms with van der Waals surface area (Å²) in [4.78, 5) is 0. The molecular formula is C14H19NO. The second kappa shape index (κ2) is 6.92. The maximum Gasteiger partial charge on any atom is 0.134 e. The molecule has 0 radical (unpaired) electrons. The van der Waals surface area contributed by atoms with E-state index in [9.17, 15) is 0 Å². The van der Waals surface area contributed by atoms with Gasteiger partial charge in [0.05, 0.1) is 18.2 Å². The Morgan fingerprint density at radius 1 is 1.31 bits per heavy atom. The molecule has 1 aromatic rings. The Hall–Kier alpha value is -1.46. The molecule has 0 bridgehead atoms. The Bertz CT molecular complexity index is 376. The van der Waals surface area contributed by atoms with E-state index in [-0.39, 0.29) is 6.04 Å². The van der Waals surface area contributed by atoms with Crippen molar-refractivity contribution in [2.45, 2.75) is 32.7 Å². The molecule has 0 fully saturated rings. The lowest BCUT2D eigenvalue weighted by Crippen LogP contribution is -2.15. The fraction of sp³-hybridized carbons (Fsp3) is 0.429. The Labute approximate surface area is 97.8 Å². The molecule has 0 amide bonds. The summed E-state index contributed by atoms with van der Waals surface area (Å²) in [5, 5.41) is 0. The van der Waals surface area contributed by atoms with Crippen molar-refractivity contribution in [1.82, 2.24) is 0 Å². The molecule has 2 nitrogen and oxygen atoms in total. The smallest absolute Gasteiger partial charge is 0.134 e. The number of hydrogen-bond donors (Lipinski definition) is 1. The van der Waals surface area contributed by atoms with Gasteiger partial charge < -0.3 is 10.5 Å². The van der Waals surface area contributed by atoms with Gasteiger partial charge in [0, 0.05) is 0 Å². The molecule has 1 unspecified atom stereocenters. The number of nitrogens with two attached hydrogens (primary N) is 1. The van der Waals surface area contributed by atoms with Crippen LogP contribution in [0.3, 0.4) is 0 Å². The highest BCUT2D eigenvalue weighted by molar-refractivity contribution is 5.46. The molecule has 2 N–H and O–H groups in total. The number of para-hydroxylation sites is 1. The summed E-state index contributed by atoms with van der Waals surface area (Å²) in [5.41, 5.74) is 6.67. The van der Waals surface area contributed by atoms with Gasteiger partial charge in [-0.05, 0) is 25.0 Å². The normalized spacial score (nSPS) is 11.4. The van der Waals surface area contributed by atoms with Gasteiger partial charge in [-0.25, -0.2) is 0 Å². The third-order valence-electron chi connectivity index (χ3n) is 2.18. The molecule has 0 heterocycles. The second-order valence-electron chi connectivity index (χ2n) is 3.63. The largest absolute Gasteiger partial charge is 0.492 e. The van der Waals surface area contributed by atoms with Crippen molar-refractivity contribution in [3.63, 3.8) is 0 Å². The second-order valence-corrected chi connectivity index (χ2v) is 3.63. The van der Waals surface area contributed by atoms with Crippen molar-refractivity contribution < 1.29 is 4.74 Å². The molecule has 1 rings (SSSR count). The molecule has 0 aliphatic heterocycles. The first-order valence-electron chi connectivity index (χ1n) is 5.76. The van der Waals surface area contributed by atoms with Crippen molar-refractivity contribution in [1.29, 1.82) is 0 Å². The van der Waals surface area contributed by atoms with Crippen molar-refractivity contribution >= 4 is 0 Å². The average Bonchev–Trinajstić information content (AvgIpc) is 2.34. The van der Waals surface area contributed by atoms with Crippen LogP contribution in [0.1, 0.15) is 32.3 Å². The third kappa shape index (κ3) is 3.96. The Kier molecular flexibility index (Phi) is 5.45. The van der Waals surface area contributed by atoms with Crippen LogP contribution in [0.15, 0.2) is 24.3 Å². The molecular weight excluding hydrogens is 198 g/mol. The van der Waals surface area contributed by atoms with Crippen LogP contribution in [0.4, 0.5) is 0 Å². The van der Waals surface area contributed by atoms with Crippen molar-refractivity contribution in [2.24, 2.45) is 5.73 Å². The van der Waals surface area contributed by atoms with Gasteiger partial charge in [0.25, 0.3) is 0 Å². The molecule has 1 aromatic carbocycles. The predicted molar refractivity (Wildman–Crippen MR) is 67.4 cm³/mol. The van der Waals surface area contributed by atoms with Gasteiger partial charge >= 0.3 is 0 Å². The van der Waals surface area contributed by atoms with Gasteiger partial charge in [-0.3, -0.25) is 0 Å². The molecule has 0 saturated heterocycles. The van der Waals surface area contributed by atoms with Crippen LogP contribution in [0, 0.1) is 11.8 Å². The maximum absolute atomic E-state index is 5.76. The quantitative estimate of drug-likeness (QED) is 0.787. The van der Waals surface area contributed by atoms with E-state index >= 15 is 0 Å². The first-order valence-corrected chi connectivity index (χ1v) is 5.76. The van der Waals surface area contributed by atoms with Gasteiger partial charge in [0.2, 0.25) is 0 Å². The van der Waals surface area contributed by atoms with Crippen LogP contribution in [-0.4, -0.2) is 12.6 Å². The molecule has 0 aromatic heterocycles. The third-order valence-corrected chi connectivity index (χ3v) is 2.18. The van der Waals surface area contributed by atoms with Gasteiger partial charge in [-0.15, -0.1) is 0 Å². The SMILES string of the molecule is CCCOc1ccccc1C#CC(N)CC. The number of benzene rings is 1. The van der Waals surface area contributed by atoms with Crippen LogP contribution >= 0.6 is 0 Å². The number of rotatable bonds is 4. The first-order chi connectivity index (χ1) is 7.77. The molecule has 0 aliphatic rings. The van der Waals surface area contributed by atoms with Crippen LogP contribution in [0.5, 0.6) is 5.75 Å². The van der Waals surface area contributed by atoms with E-state index in [0.29, 0.717) is 0 Å². The topological polar surface area (TPSA) is 35.2 Å². The van der Waals surface area contributed by atoms with Gasteiger partial charge in [-0.1, -0.05) is 37.8 Å². The summed E-state index contributed by atoms with van der Waals surface area (Å²) >= 11 is 0. The number of ether oxygens (including phenoxy) is 1. The van der Waals surface area contributed by atoms with E-state index < -0.39 is 0 Å². The Balaban J connectivity index is 2.80. The molecule has 16 heavy (non-hydrogen) atoms. The molecule has 86 valence electrons. The minimum atomic E-state index is -0.0563. The summed E-state index contributed by atoms with van der Waals surface area (Å²) in [6.07, 6.45) is 1.86. The first kappa shape index (κ1) is 12.6. The molecule has 2 heteroatoms. The molecule has 0 saturated carbocycles. The van der Waals surface area contributed by atoms with Crippen LogP contribution in [-0.2, 0) is 0 Å². The fourth-order valence-electron chi connectivity index (χ4n) is 1.18. The highest BCUT2D eigenvalue weighted by atomic mass is 16.5. The zero-order valence-electron chi connectivity index (χ0n) is 9.99. The zero-order valence-corrected chi connectivity index (χ0v) is 9.99. The van der Waals surface area contributed by atoms with Gasteiger partial charge in [0.1, 0.15) is 5.75 Å². The summed E-state index contributed by atoms with van der Waals surface area (Å²) in [6.45, 7) is 4.83. The molecule has 1 atom stereocenters. The Morgan fingerprint density at radius 3 is 2.75 bits per heavy atom. The minimum absolute atomic E-state index is 0.0563. The summed E-state index contributed by atoms with van der Waals surface area (Å²) in [6, 6.07) is 7.76. The molecule has 0 spiro atoms. The highest BCUT2D eigenvalue weighted by Gasteiger charge is 1.99. The maximum atomic E-state index is 5.76. The van der Waals surface area contributed by atoms with E-state index in [1.54, 1.807) is 0 Å². The number of hydrogen-bond acceptors (Lipinski definition) is 2. The van der Waals surface area contributed by atoms with E-state index in [0.717, 1.165) is 30.8 Å². The van der Waals surface area contributed by atoms with Crippen molar-refractivity contribution in [3.05, 3.63) is 29.8 Å². The van der Waals surface area contributed by atoms with E-state index in [1.165, 1.54) is 0 Å².